The van der Waals surface area contributed by atoms with Gasteiger partial charge in [-0.2, -0.15) is 5.10 Å². The second-order valence-corrected chi connectivity index (χ2v) is 9.26. The van der Waals surface area contributed by atoms with E-state index in [1.807, 2.05) is 48.5 Å². The van der Waals surface area contributed by atoms with E-state index in [0.717, 1.165) is 28.9 Å². The number of halogens is 1. The van der Waals surface area contributed by atoms with Gasteiger partial charge in [0.2, 0.25) is 5.90 Å². The first kappa shape index (κ1) is 23.0. The van der Waals surface area contributed by atoms with E-state index < -0.39 is 5.97 Å². The van der Waals surface area contributed by atoms with Crippen LogP contribution in [0.25, 0.3) is 6.08 Å². The number of rotatable bonds is 5. The molecule has 37 heavy (non-hydrogen) atoms. The van der Waals surface area contributed by atoms with Gasteiger partial charge in [0, 0.05) is 17.0 Å². The summed E-state index contributed by atoms with van der Waals surface area (Å²) in [6.45, 7) is 0. The molecule has 4 aromatic carbocycles. The summed E-state index contributed by atoms with van der Waals surface area (Å²) in [7, 11) is 0. The zero-order valence-electron chi connectivity index (χ0n) is 19.8. The van der Waals surface area contributed by atoms with Gasteiger partial charge in [-0.3, -0.25) is 5.01 Å². The molecule has 2 aliphatic rings. The van der Waals surface area contributed by atoms with E-state index in [4.69, 9.17) is 21.4 Å². The van der Waals surface area contributed by atoms with Crippen LogP contribution in [0.5, 0.6) is 0 Å². The Morgan fingerprint density at radius 3 is 2.19 bits per heavy atom. The van der Waals surface area contributed by atoms with Gasteiger partial charge in [-0.1, -0.05) is 84.4 Å². The van der Waals surface area contributed by atoms with Gasteiger partial charge < -0.3 is 4.74 Å². The summed E-state index contributed by atoms with van der Waals surface area (Å²) < 4.78 is 5.37. The average Bonchev–Trinajstić information content (AvgIpc) is 3.55. The average molecular weight is 504 g/mol. The molecule has 4 aromatic rings. The van der Waals surface area contributed by atoms with E-state index in [1.165, 1.54) is 5.56 Å². The first-order chi connectivity index (χ1) is 18.1. The number of anilines is 1. The summed E-state index contributed by atoms with van der Waals surface area (Å²) in [6.07, 6.45) is 2.54. The Labute approximate surface area is 220 Å². The van der Waals surface area contributed by atoms with E-state index in [0.29, 0.717) is 10.6 Å². The van der Waals surface area contributed by atoms with Gasteiger partial charge in [0.1, 0.15) is 0 Å². The van der Waals surface area contributed by atoms with Gasteiger partial charge >= 0.3 is 5.97 Å². The van der Waals surface area contributed by atoms with E-state index in [-0.39, 0.29) is 17.6 Å². The van der Waals surface area contributed by atoms with Crippen LogP contribution in [0.4, 0.5) is 5.69 Å². The van der Waals surface area contributed by atoms with Crippen LogP contribution in [0.2, 0.25) is 5.02 Å². The number of carbonyl (C=O) groups is 1. The van der Waals surface area contributed by atoms with Crippen molar-refractivity contribution in [2.75, 3.05) is 5.01 Å². The minimum atomic E-state index is -0.477. The second kappa shape index (κ2) is 9.88. The monoisotopic (exact) mass is 503 g/mol. The van der Waals surface area contributed by atoms with Crippen molar-refractivity contribution < 1.29 is 9.53 Å². The van der Waals surface area contributed by atoms with Crippen LogP contribution in [0.1, 0.15) is 34.7 Å². The standard InChI is InChI=1S/C31H22ClN3O2/c32-25-15-13-24(14-16-25)30-33-28(31(36)37-30)19-21-11-17-26(18-12-21)35-29(23-9-5-2-6-10-23)20-27(34-35)22-7-3-1-4-8-22/h1-19,29H,20H2/b28-19+/t29-/m0/s1. The van der Waals surface area contributed by atoms with Crippen molar-refractivity contribution in [1.82, 2.24) is 0 Å². The maximum atomic E-state index is 12.4. The summed E-state index contributed by atoms with van der Waals surface area (Å²) in [5.74, 6) is -0.204. The van der Waals surface area contributed by atoms with Gasteiger partial charge in [0.25, 0.3) is 0 Å². The maximum absolute atomic E-state index is 12.4. The molecular formula is C31H22ClN3O2. The number of aliphatic imine (C=N–C) groups is 1. The fourth-order valence-electron chi connectivity index (χ4n) is 4.49. The molecule has 2 heterocycles. The molecular weight excluding hydrogens is 482 g/mol. The van der Waals surface area contributed by atoms with Gasteiger partial charge in [-0.05, 0) is 59.2 Å². The molecule has 0 fully saturated rings. The van der Waals surface area contributed by atoms with E-state index in [1.54, 1.807) is 30.3 Å². The molecule has 0 N–H and O–H groups in total. The van der Waals surface area contributed by atoms with Crippen molar-refractivity contribution in [3.05, 3.63) is 142 Å². The predicted octanol–water partition coefficient (Wildman–Crippen LogP) is 7.04. The summed E-state index contributed by atoms with van der Waals surface area (Å²) in [6, 6.07) is 35.8. The Balaban J connectivity index is 1.28. The van der Waals surface area contributed by atoms with Crippen LogP contribution in [0.3, 0.4) is 0 Å². The largest absolute Gasteiger partial charge is 0.402 e. The smallest absolute Gasteiger partial charge is 0.363 e. The summed E-state index contributed by atoms with van der Waals surface area (Å²) in [4.78, 5) is 16.8. The fraction of sp³-hybridized carbons (Fsp3) is 0.0645. The molecule has 0 aromatic heterocycles. The quantitative estimate of drug-likeness (QED) is 0.217. The number of benzene rings is 4. The lowest BCUT2D eigenvalue weighted by atomic mass is 9.98. The van der Waals surface area contributed by atoms with Crippen molar-refractivity contribution in [3.63, 3.8) is 0 Å². The third-order valence-electron chi connectivity index (χ3n) is 6.37. The lowest BCUT2D eigenvalue weighted by Crippen LogP contribution is -2.18. The topological polar surface area (TPSA) is 54.3 Å². The Kier molecular flexibility index (Phi) is 6.13. The molecule has 0 bridgehead atoms. The molecule has 5 nitrogen and oxygen atoms in total. The molecule has 0 radical (unpaired) electrons. The van der Waals surface area contributed by atoms with Crippen LogP contribution in [0, 0.1) is 0 Å². The van der Waals surface area contributed by atoms with Gasteiger partial charge in [-0.15, -0.1) is 0 Å². The Morgan fingerprint density at radius 1 is 0.811 bits per heavy atom. The van der Waals surface area contributed by atoms with E-state index in [9.17, 15) is 4.79 Å². The van der Waals surface area contributed by atoms with Gasteiger partial charge in [-0.25, -0.2) is 9.79 Å². The summed E-state index contributed by atoms with van der Waals surface area (Å²) in [5, 5.41) is 7.70. The second-order valence-electron chi connectivity index (χ2n) is 8.82. The third kappa shape index (κ3) is 4.82. The number of ether oxygens (including phenoxy) is 1. The lowest BCUT2D eigenvalue weighted by Gasteiger charge is -2.24. The van der Waals surface area contributed by atoms with Gasteiger partial charge in [0.15, 0.2) is 5.70 Å². The molecule has 0 aliphatic carbocycles. The Hall–Kier alpha value is -4.48. The highest BCUT2D eigenvalue weighted by molar-refractivity contribution is 6.30. The molecule has 6 rings (SSSR count). The van der Waals surface area contributed by atoms with Crippen LogP contribution in [0.15, 0.2) is 125 Å². The normalized spacial score (nSPS) is 18.1. The predicted molar refractivity (Wildman–Crippen MR) is 148 cm³/mol. The highest BCUT2D eigenvalue weighted by atomic mass is 35.5. The number of esters is 1. The molecule has 0 amide bonds. The minimum absolute atomic E-state index is 0.0944. The number of hydrazone groups is 1. The minimum Gasteiger partial charge on any atom is -0.402 e. The van der Waals surface area contributed by atoms with Crippen molar-refractivity contribution >= 4 is 40.9 Å². The third-order valence-corrected chi connectivity index (χ3v) is 6.63. The zero-order valence-corrected chi connectivity index (χ0v) is 20.5. The molecule has 0 saturated heterocycles. The molecule has 0 spiro atoms. The molecule has 180 valence electrons. The number of nitrogens with zero attached hydrogens (tertiary/aromatic N) is 3. The number of carbonyl (C=O) groups excluding carboxylic acids is 1. The lowest BCUT2D eigenvalue weighted by molar-refractivity contribution is -0.129. The molecule has 6 heteroatoms. The highest BCUT2D eigenvalue weighted by Gasteiger charge is 2.30. The van der Waals surface area contributed by atoms with Crippen molar-refractivity contribution in [1.29, 1.82) is 0 Å². The van der Waals surface area contributed by atoms with Crippen LogP contribution in [-0.4, -0.2) is 17.6 Å². The zero-order chi connectivity index (χ0) is 25.2. The first-order valence-corrected chi connectivity index (χ1v) is 12.4. The number of hydrogen-bond acceptors (Lipinski definition) is 5. The maximum Gasteiger partial charge on any atom is 0.363 e. The number of cyclic esters (lactones) is 1. The Bertz CT molecular complexity index is 1530. The highest BCUT2D eigenvalue weighted by Crippen LogP contribution is 2.37. The Morgan fingerprint density at radius 2 is 1.49 bits per heavy atom. The fourth-order valence-corrected chi connectivity index (χ4v) is 4.62. The number of hydrogen-bond donors (Lipinski definition) is 0. The SMILES string of the molecule is O=C1OC(c2ccc(Cl)cc2)=N/C1=C/c1ccc(N2N=C(c3ccccc3)C[C@H]2c2ccccc2)cc1. The van der Waals surface area contributed by atoms with Crippen LogP contribution in [-0.2, 0) is 9.53 Å². The van der Waals surface area contributed by atoms with Crippen LogP contribution < -0.4 is 5.01 Å². The summed E-state index contributed by atoms with van der Waals surface area (Å²) in [5.41, 5.74) is 6.16. The van der Waals surface area contributed by atoms with Crippen molar-refractivity contribution in [2.24, 2.45) is 10.1 Å². The molecule has 1 atom stereocenters. The van der Waals surface area contributed by atoms with E-state index >= 15 is 0 Å². The molecule has 0 unspecified atom stereocenters. The van der Waals surface area contributed by atoms with Crippen molar-refractivity contribution in [3.8, 4) is 0 Å². The first-order valence-electron chi connectivity index (χ1n) is 12.0. The van der Waals surface area contributed by atoms with Gasteiger partial charge in [0.05, 0.1) is 17.4 Å². The van der Waals surface area contributed by atoms with Crippen molar-refractivity contribution in [2.45, 2.75) is 12.5 Å². The summed E-state index contributed by atoms with van der Waals surface area (Å²) >= 11 is 5.96. The molecule has 2 aliphatic heterocycles. The van der Waals surface area contributed by atoms with E-state index in [2.05, 4.69) is 46.4 Å². The van der Waals surface area contributed by atoms with Crippen LogP contribution >= 0.6 is 11.6 Å². The molecule has 0 saturated carbocycles.